The second kappa shape index (κ2) is 7.44. The maximum absolute atomic E-state index is 12.8. The molecule has 0 saturated heterocycles. The summed E-state index contributed by atoms with van der Waals surface area (Å²) in [6, 6.07) is 14.5. The summed E-state index contributed by atoms with van der Waals surface area (Å²) in [7, 11) is 0. The molecule has 1 amide bonds. The van der Waals surface area contributed by atoms with E-state index in [9.17, 15) is 19.2 Å². The molecule has 7 heteroatoms. The van der Waals surface area contributed by atoms with Gasteiger partial charge in [-0.1, -0.05) is 30.3 Å². The minimum absolute atomic E-state index is 0.230. The van der Waals surface area contributed by atoms with Gasteiger partial charge in [0.25, 0.3) is 5.91 Å². The number of hydrogen-bond donors (Lipinski definition) is 1. The lowest BCUT2D eigenvalue weighted by Crippen LogP contribution is -2.30. The van der Waals surface area contributed by atoms with E-state index >= 15 is 0 Å². The van der Waals surface area contributed by atoms with Crippen LogP contribution in [0.25, 0.3) is 0 Å². The van der Waals surface area contributed by atoms with Crippen molar-refractivity contribution in [1.82, 2.24) is 0 Å². The van der Waals surface area contributed by atoms with Crippen molar-refractivity contribution in [3.8, 4) is 0 Å². The van der Waals surface area contributed by atoms with Crippen molar-refractivity contribution in [3.63, 3.8) is 0 Å². The molecule has 1 heterocycles. The summed E-state index contributed by atoms with van der Waals surface area (Å²) in [5, 5.41) is 4.37. The van der Waals surface area contributed by atoms with E-state index in [1.54, 1.807) is 47.8 Å². The second-order valence-electron chi connectivity index (χ2n) is 6.48. The number of anilines is 1. The second-order valence-corrected chi connectivity index (χ2v) is 7.43. The molecule has 29 heavy (non-hydrogen) atoms. The topological polar surface area (TPSA) is 89.5 Å². The lowest BCUT2D eigenvalue weighted by molar-refractivity contribution is -0.123. The average molecular weight is 405 g/mol. The molecule has 1 N–H and O–H groups in total. The Hall–Kier alpha value is -3.58. The van der Waals surface area contributed by atoms with Gasteiger partial charge in [-0.15, -0.1) is 11.3 Å². The van der Waals surface area contributed by atoms with E-state index in [-0.39, 0.29) is 17.1 Å². The predicted molar refractivity (Wildman–Crippen MR) is 108 cm³/mol. The maximum Gasteiger partial charge on any atom is 0.349 e. The van der Waals surface area contributed by atoms with Crippen molar-refractivity contribution in [2.24, 2.45) is 0 Å². The van der Waals surface area contributed by atoms with Gasteiger partial charge in [0.1, 0.15) is 4.88 Å². The number of ketones is 2. The number of rotatable bonds is 4. The summed E-state index contributed by atoms with van der Waals surface area (Å²) in [4.78, 5) is 50.2. The Morgan fingerprint density at radius 3 is 2.21 bits per heavy atom. The fraction of sp³-hybridized carbons (Fsp3) is 0.0909. The Bertz CT molecular complexity index is 1150. The summed E-state index contributed by atoms with van der Waals surface area (Å²) < 4.78 is 5.16. The number of benzene rings is 2. The van der Waals surface area contributed by atoms with Gasteiger partial charge in [0.05, 0.1) is 0 Å². The number of carbonyl (C=O) groups is 4. The van der Waals surface area contributed by atoms with Crippen molar-refractivity contribution in [2.75, 3.05) is 5.32 Å². The van der Waals surface area contributed by atoms with Gasteiger partial charge >= 0.3 is 5.97 Å². The number of thiophene rings is 1. The SMILES string of the molecule is C[C@@H](OC(=O)c1cccs1)C(=O)Nc1ccc2c(c1)C(=O)c1ccccc1C2=O. The van der Waals surface area contributed by atoms with Gasteiger partial charge in [-0.2, -0.15) is 0 Å². The molecule has 1 atom stereocenters. The van der Waals surface area contributed by atoms with Crippen molar-refractivity contribution < 1.29 is 23.9 Å². The standard InChI is InChI=1S/C22H15NO5S/c1-12(28-22(27)18-7-4-10-29-18)21(26)23-13-8-9-16-17(11-13)20(25)15-6-3-2-5-14(15)19(16)24/h2-12H,1H3,(H,23,26)/t12-/m1/s1. The molecule has 2 aromatic carbocycles. The Kier molecular flexibility index (Phi) is 4.82. The van der Waals surface area contributed by atoms with Crippen LogP contribution in [0.2, 0.25) is 0 Å². The molecule has 3 aromatic rings. The van der Waals surface area contributed by atoms with Crippen molar-refractivity contribution in [1.29, 1.82) is 0 Å². The van der Waals surface area contributed by atoms with E-state index in [2.05, 4.69) is 5.32 Å². The highest BCUT2D eigenvalue weighted by Crippen LogP contribution is 2.29. The largest absolute Gasteiger partial charge is 0.448 e. The van der Waals surface area contributed by atoms with Gasteiger partial charge in [0.2, 0.25) is 0 Å². The molecule has 0 radical (unpaired) electrons. The highest BCUT2D eigenvalue weighted by Gasteiger charge is 2.29. The molecule has 0 spiro atoms. The molecule has 0 unspecified atom stereocenters. The first-order valence-corrected chi connectivity index (χ1v) is 9.71. The van der Waals surface area contributed by atoms with E-state index in [0.29, 0.717) is 27.3 Å². The number of nitrogens with one attached hydrogen (secondary N) is 1. The van der Waals surface area contributed by atoms with E-state index in [1.807, 2.05) is 0 Å². The normalized spacial score (nSPS) is 13.3. The van der Waals surface area contributed by atoms with E-state index in [0.717, 1.165) is 0 Å². The summed E-state index contributed by atoms with van der Waals surface area (Å²) in [5.74, 6) is -1.62. The third kappa shape index (κ3) is 3.48. The highest BCUT2D eigenvalue weighted by molar-refractivity contribution is 7.11. The summed E-state index contributed by atoms with van der Waals surface area (Å²) in [5.41, 5.74) is 1.58. The fourth-order valence-electron chi connectivity index (χ4n) is 3.09. The Morgan fingerprint density at radius 2 is 1.55 bits per heavy atom. The van der Waals surface area contributed by atoms with Crippen LogP contribution < -0.4 is 5.32 Å². The van der Waals surface area contributed by atoms with E-state index in [1.165, 1.54) is 30.4 Å². The Balaban J connectivity index is 1.52. The summed E-state index contributed by atoms with van der Waals surface area (Å²) in [6.07, 6.45) is -1.03. The first-order valence-electron chi connectivity index (χ1n) is 8.83. The molecule has 144 valence electrons. The zero-order valence-corrected chi connectivity index (χ0v) is 16.1. The summed E-state index contributed by atoms with van der Waals surface area (Å²) >= 11 is 1.22. The number of hydrogen-bond acceptors (Lipinski definition) is 6. The monoisotopic (exact) mass is 405 g/mol. The zero-order chi connectivity index (χ0) is 20.5. The van der Waals surface area contributed by atoms with Gasteiger partial charge in [-0.05, 0) is 36.6 Å². The molecule has 0 aliphatic heterocycles. The highest BCUT2D eigenvalue weighted by atomic mass is 32.1. The van der Waals surface area contributed by atoms with Crippen LogP contribution in [0.15, 0.2) is 60.0 Å². The number of ether oxygens (including phenoxy) is 1. The smallest absolute Gasteiger partial charge is 0.349 e. The molecule has 1 aromatic heterocycles. The Morgan fingerprint density at radius 1 is 0.897 bits per heavy atom. The van der Waals surface area contributed by atoms with Gasteiger partial charge in [-0.25, -0.2) is 4.79 Å². The van der Waals surface area contributed by atoms with E-state index < -0.39 is 18.0 Å². The lowest BCUT2D eigenvalue weighted by atomic mass is 9.84. The van der Waals surface area contributed by atoms with Gasteiger partial charge in [0.15, 0.2) is 17.7 Å². The van der Waals surface area contributed by atoms with Crippen LogP contribution in [-0.2, 0) is 9.53 Å². The average Bonchev–Trinajstić information content (AvgIpc) is 3.27. The minimum Gasteiger partial charge on any atom is -0.448 e. The molecule has 1 aliphatic rings. The first kappa shape index (κ1) is 18.8. The number of esters is 1. The lowest BCUT2D eigenvalue weighted by Gasteiger charge is -2.19. The van der Waals surface area contributed by atoms with E-state index in [4.69, 9.17) is 4.74 Å². The number of fused-ring (bicyclic) bond motifs is 2. The molecular formula is C22H15NO5S. The molecule has 0 bridgehead atoms. The zero-order valence-electron chi connectivity index (χ0n) is 15.3. The molecule has 0 fully saturated rings. The third-order valence-electron chi connectivity index (χ3n) is 4.57. The fourth-order valence-corrected chi connectivity index (χ4v) is 3.69. The number of amides is 1. The van der Waals surface area contributed by atoms with Crippen LogP contribution in [-0.4, -0.2) is 29.5 Å². The third-order valence-corrected chi connectivity index (χ3v) is 5.42. The quantitative estimate of drug-likeness (QED) is 0.523. The van der Waals surface area contributed by atoms with Crippen LogP contribution in [0.1, 0.15) is 48.4 Å². The Labute approximate surface area is 170 Å². The molecular weight excluding hydrogens is 390 g/mol. The molecule has 1 aliphatic carbocycles. The molecule has 0 saturated carbocycles. The predicted octanol–water partition coefficient (Wildman–Crippen LogP) is 3.71. The molecule has 4 rings (SSSR count). The molecule has 6 nitrogen and oxygen atoms in total. The maximum atomic E-state index is 12.8. The van der Waals surface area contributed by atoms with Crippen LogP contribution in [0.5, 0.6) is 0 Å². The van der Waals surface area contributed by atoms with Gasteiger partial charge < -0.3 is 10.1 Å². The number of carbonyl (C=O) groups excluding carboxylic acids is 4. The first-order chi connectivity index (χ1) is 14.0. The van der Waals surface area contributed by atoms with Crippen molar-refractivity contribution >= 4 is 40.5 Å². The van der Waals surface area contributed by atoms with Crippen molar-refractivity contribution in [3.05, 3.63) is 87.1 Å². The summed E-state index contributed by atoms with van der Waals surface area (Å²) in [6.45, 7) is 1.46. The van der Waals surface area contributed by atoms with Crippen LogP contribution in [0, 0.1) is 0 Å². The van der Waals surface area contributed by atoms with Crippen LogP contribution in [0.3, 0.4) is 0 Å². The minimum atomic E-state index is -1.03. The van der Waals surface area contributed by atoms with Crippen LogP contribution >= 0.6 is 11.3 Å². The van der Waals surface area contributed by atoms with Crippen molar-refractivity contribution in [2.45, 2.75) is 13.0 Å². The van der Waals surface area contributed by atoms with Gasteiger partial charge in [0, 0.05) is 27.9 Å². The van der Waals surface area contributed by atoms with Crippen LogP contribution in [0.4, 0.5) is 5.69 Å². The van der Waals surface area contributed by atoms with Gasteiger partial charge in [-0.3, -0.25) is 14.4 Å².